The second-order valence-electron chi connectivity index (χ2n) is 4.84. The zero-order chi connectivity index (χ0) is 10.3. The summed E-state index contributed by atoms with van der Waals surface area (Å²) >= 11 is 0. The Labute approximate surface area is 90.6 Å². The summed E-state index contributed by atoms with van der Waals surface area (Å²) in [5.74, 6) is 1.97. The second kappa shape index (κ2) is 3.44. The minimum Gasteiger partial charge on any atom is -0.493 e. The summed E-state index contributed by atoms with van der Waals surface area (Å²) in [6.07, 6.45) is 3.69. The molecule has 1 aromatic carbocycles. The fourth-order valence-electron chi connectivity index (χ4n) is 2.53. The van der Waals surface area contributed by atoms with Crippen LogP contribution in [0.2, 0.25) is 0 Å². The van der Waals surface area contributed by atoms with Gasteiger partial charge in [0.15, 0.2) is 0 Å². The van der Waals surface area contributed by atoms with Gasteiger partial charge in [-0.1, -0.05) is 6.92 Å². The molecule has 1 fully saturated rings. The lowest BCUT2D eigenvalue weighted by Gasteiger charge is -2.34. The molecule has 0 aromatic heterocycles. The van der Waals surface area contributed by atoms with Crippen LogP contribution in [0.25, 0.3) is 0 Å². The number of benzene rings is 1. The Morgan fingerprint density at radius 3 is 3.00 bits per heavy atom. The molecular formula is C13H17NO. The Hall–Kier alpha value is -1.18. The van der Waals surface area contributed by atoms with Gasteiger partial charge < -0.3 is 10.1 Å². The van der Waals surface area contributed by atoms with Crippen LogP contribution in [0.15, 0.2) is 18.2 Å². The maximum Gasteiger partial charge on any atom is 0.122 e. The summed E-state index contributed by atoms with van der Waals surface area (Å²) in [6.45, 7) is 3.16. The van der Waals surface area contributed by atoms with E-state index in [0.717, 1.165) is 24.7 Å². The van der Waals surface area contributed by atoms with E-state index in [1.54, 1.807) is 0 Å². The summed E-state index contributed by atoms with van der Waals surface area (Å²) in [7, 11) is 0. The molecule has 2 aliphatic rings. The van der Waals surface area contributed by atoms with Gasteiger partial charge in [0.2, 0.25) is 0 Å². The minimum atomic E-state index is 0.695. The molecule has 0 radical (unpaired) electrons. The summed E-state index contributed by atoms with van der Waals surface area (Å²) < 4.78 is 5.49. The highest BCUT2D eigenvalue weighted by Gasteiger charge is 2.25. The quantitative estimate of drug-likeness (QED) is 0.798. The van der Waals surface area contributed by atoms with Crippen molar-refractivity contribution in [1.82, 2.24) is 0 Å². The molecule has 1 aliphatic carbocycles. The number of nitrogens with one attached hydrogen (secondary N) is 1. The van der Waals surface area contributed by atoms with Gasteiger partial charge in [-0.2, -0.15) is 0 Å². The van der Waals surface area contributed by atoms with E-state index in [0.29, 0.717) is 6.04 Å². The predicted molar refractivity (Wildman–Crippen MR) is 61.4 cm³/mol. The number of ether oxygens (including phenoxy) is 1. The molecule has 2 heteroatoms. The highest BCUT2D eigenvalue weighted by Crippen LogP contribution is 2.32. The molecule has 0 amide bonds. The molecule has 0 unspecified atom stereocenters. The first kappa shape index (κ1) is 9.08. The van der Waals surface area contributed by atoms with Crippen molar-refractivity contribution in [2.24, 2.45) is 5.92 Å². The fraction of sp³-hybridized carbons (Fsp3) is 0.538. The first-order valence-corrected chi connectivity index (χ1v) is 5.83. The Balaban J connectivity index is 1.70. The van der Waals surface area contributed by atoms with Gasteiger partial charge in [0, 0.05) is 18.2 Å². The Bertz CT molecular complexity index is 369. The molecule has 15 heavy (non-hydrogen) atoms. The van der Waals surface area contributed by atoms with Crippen molar-refractivity contribution in [3.8, 4) is 5.75 Å². The van der Waals surface area contributed by atoms with Crippen molar-refractivity contribution in [2.45, 2.75) is 32.2 Å². The van der Waals surface area contributed by atoms with Gasteiger partial charge in [0.05, 0.1) is 6.61 Å². The summed E-state index contributed by atoms with van der Waals surface area (Å²) in [4.78, 5) is 0. The van der Waals surface area contributed by atoms with Gasteiger partial charge in [-0.05, 0) is 42.5 Å². The summed E-state index contributed by atoms with van der Waals surface area (Å²) in [5, 5.41) is 3.58. The van der Waals surface area contributed by atoms with E-state index in [1.807, 2.05) is 0 Å². The molecule has 0 bridgehead atoms. The maximum atomic E-state index is 5.49. The predicted octanol–water partition coefficient (Wildman–Crippen LogP) is 2.83. The number of rotatable bonds is 2. The van der Waals surface area contributed by atoms with E-state index in [9.17, 15) is 0 Å². The molecule has 0 atom stereocenters. The molecule has 1 saturated carbocycles. The second-order valence-corrected chi connectivity index (χ2v) is 4.84. The van der Waals surface area contributed by atoms with Crippen molar-refractivity contribution in [3.05, 3.63) is 23.8 Å². The van der Waals surface area contributed by atoms with E-state index in [1.165, 1.54) is 24.1 Å². The lowest BCUT2D eigenvalue weighted by Crippen LogP contribution is -2.33. The zero-order valence-electron chi connectivity index (χ0n) is 9.12. The standard InChI is InChI=1S/C13H17NO/c1-9-6-12(7-9)14-11-2-3-13-10(8-11)4-5-15-13/h2-3,8-9,12,14H,4-7H2,1H3. The van der Waals surface area contributed by atoms with Crippen LogP contribution in [0.4, 0.5) is 5.69 Å². The first-order chi connectivity index (χ1) is 7.31. The SMILES string of the molecule is CC1CC(Nc2ccc3c(c2)CCO3)C1. The van der Waals surface area contributed by atoms with E-state index in [-0.39, 0.29) is 0 Å². The van der Waals surface area contributed by atoms with Crippen LogP contribution in [0, 0.1) is 5.92 Å². The van der Waals surface area contributed by atoms with Gasteiger partial charge in [-0.15, -0.1) is 0 Å². The van der Waals surface area contributed by atoms with Crippen LogP contribution in [0.5, 0.6) is 5.75 Å². The molecular weight excluding hydrogens is 186 g/mol. The minimum absolute atomic E-state index is 0.695. The van der Waals surface area contributed by atoms with Crippen LogP contribution >= 0.6 is 0 Å². The summed E-state index contributed by atoms with van der Waals surface area (Å²) in [5.41, 5.74) is 2.61. The first-order valence-electron chi connectivity index (χ1n) is 5.83. The van der Waals surface area contributed by atoms with Gasteiger partial charge in [-0.3, -0.25) is 0 Å². The van der Waals surface area contributed by atoms with Gasteiger partial charge in [0.1, 0.15) is 5.75 Å². The lowest BCUT2D eigenvalue weighted by atomic mass is 9.82. The highest BCUT2D eigenvalue weighted by atomic mass is 16.5. The van der Waals surface area contributed by atoms with E-state index < -0.39 is 0 Å². The Kier molecular flexibility index (Phi) is 2.08. The Morgan fingerprint density at radius 1 is 1.33 bits per heavy atom. The van der Waals surface area contributed by atoms with E-state index in [4.69, 9.17) is 4.74 Å². The molecule has 3 rings (SSSR count). The van der Waals surface area contributed by atoms with Crippen molar-refractivity contribution in [3.63, 3.8) is 0 Å². The molecule has 0 saturated heterocycles. The highest BCUT2D eigenvalue weighted by molar-refractivity contribution is 5.53. The topological polar surface area (TPSA) is 21.3 Å². The lowest BCUT2D eigenvalue weighted by molar-refractivity contribution is 0.309. The number of anilines is 1. The average molecular weight is 203 g/mol. The van der Waals surface area contributed by atoms with Crippen LogP contribution in [0.3, 0.4) is 0 Å². The smallest absolute Gasteiger partial charge is 0.122 e. The molecule has 1 N–H and O–H groups in total. The molecule has 0 spiro atoms. The monoisotopic (exact) mass is 203 g/mol. The fourth-order valence-corrected chi connectivity index (χ4v) is 2.53. The van der Waals surface area contributed by atoms with Gasteiger partial charge >= 0.3 is 0 Å². The maximum absolute atomic E-state index is 5.49. The van der Waals surface area contributed by atoms with Crippen molar-refractivity contribution < 1.29 is 4.74 Å². The van der Waals surface area contributed by atoms with Gasteiger partial charge in [0.25, 0.3) is 0 Å². The molecule has 1 aliphatic heterocycles. The largest absolute Gasteiger partial charge is 0.493 e. The third-order valence-electron chi connectivity index (χ3n) is 3.43. The molecule has 80 valence electrons. The zero-order valence-corrected chi connectivity index (χ0v) is 9.12. The van der Waals surface area contributed by atoms with Crippen LogP contribution in [-0.4, -0.2) is 12.6 Å². The van der Waals surface area contributed by atoms with E-state index in [2.05, 4.69) is 30.4 Å². The summed E-state index contributed by atoms with van der Waals surface area (Å²) in [6, 6.07) is 7.16. The molecule has 2 nitrogen and oxygen atoms in total. The Morgan fingerprint density at radius 2 is 2.20 bits per heavy atom. The van der Waals surface area contributed by atoms with Crippen molar-refractivity contribution in [1.29, 1.82) is 0 Å². The molecule has 1 heterocycles. The third-order valence-corrected chi connectivity index (χ3v) is 3.43. The third kappa shape index (κ3) is 1.69. The van der Waals surface area contributed by atoms with E-state index >= 15 is 0 Å². The van der Waals surface area contributed by atoms with Crippen LogP contribution < -0.4 is 10.1 Å². The molecule has 1 aromatic rings. The van der Waals surface area contributed by atoms with Crippen molar-refractivity contribution in [2.75, 3.05) is 11.9 Å². The number of fused-ring (bicyclic) bond motifs is 1. The normalized spacial score (nSPS) is 27.8. The van der Waals surface area contributed by atoms with Crippen molar-refractivity contribution >= 4 is 5.69 Å². The number of hydrogen-bond donors (Lipinski definition) is 1. The average Bonchev–Trinajstić information content (AvgIpc) is 2.62. The van der Waals surface area contributed by atoms with Gasteiger partial charge in [-0.25, -0.2) is 0 Å². The number of hydrogen-bond acceptors (Lipinski definition) is 2. The van der Waals surface area contributed by atoms with Crippen LogP contribution in [-0.2, 0) is 6.42 Å². The van der Waals surface area contributed by atoms with Crippen LogP contribution in [0.1, 0.15) is 25.3 Å².